The molecule has 1 N–H and O–H groups in total. The SMILES string of the molecule is CCOC(=O)CN(C(=O)CCC1CCCN1)C1CC1. The van der Waals surface area contributed by atoms with Crippen molar-refractivity contribution in [2.75, 3.05) is 19.7 Å². The van der Waals surface area contributed by atoms with Crippen LogP contribution in [0.5, 0.6) is 0 Å². The van der Waals surface area contributed by atoms with E-state index in [1.807, 2.05) is 0 Å². The molecular weight excluding hydrogens is 244 g/mol. The molecule has 1 saturated heterocycles. The highest BCUT2D eigenvalue weighted by Gasteiger charge is 2.34. The van der Waals surface area contributed by atoms with Crippen LogP contribution in [0.1, 0.15) is 45.4 Å². The zero-order chi connectivity index (χ0) is 13.7. The Labute approximate surface area is 114 Å². The zero-order valence-corrected chi connectivity index (χ0v) is 11.7. The molecule has 5 heteroatoms. The number of hydrogen-bond acceptors (Lipinski definition) is 4. The molecule has 2 fully saturated rings. The van der Waals surface area contributed by atoms with Gasteiger partial charge in [0.05, 0.1) is 6.61 Å². The van der Waals surface area contributed by atoms with E-state index >= 15 is 0 Å². The van der Waals surface area contributed by atoms with Gasteiger partial charge in [-0.05, 0) is 45.6 Å². The molecule has 0 bridgehead atoms. The van der Waals surface area contributed by atoms with Crippen LogP contribution in [0.2, 0.25) is 0 Å². The average molecular weight is 268 g/mol. The molecule has 0 aromatic rings. The van der Waals surface area contributed by atoms with Crippen molar-refractivity contribution in [3.05, 3.63) is 0 Å². The first-order valence-corrected chi connectivity index (χ1v) is 7.39. The van der Waals surface area contributed by atoms with Gasteiger partial charge in [-0.25, -0.2) is 0 Å². The maximum Gasteiger partial charge on any atom is 0.325 e. The maximum absolute atomic E-state index is 12.2. The maximum atomic E-state index is 12.2. The minimum absolute atomic E-state index is 0.101. The first-order chi connectivity index (χ1) is 9.20. The fourth-order valence-electron chi connectivity index (χ4n) is 2.60. The molecule has 1 aliphatic heterocycles. The van der Waals surface area contributed by atoms with Crippen LogP contribution in [0.25, 0.3) is 0 Å². The van der Waals surface area contributed by atoms with Gasteiger partial charge >= 0.3 is 5.97 Å². The van der Waals surface area contributed by atoms with Crippen molar-refractivity contribution in [1.29, 1.82) is 0 Å². The molecule has 0 aromatic carbocycles. The summed E-state index contributed by atoms with van der Waals surface area (Å²) in [7, 11) is 0. The highest BCUT2D eigenvalue weighted by molar-refractivity contribution is 5.82. The van der Waals surface area contributed by atoms with Gasteiger partial charge in [0.15, 0.2) is 0 Å². The third-order valence-electron chi connectivity index (χ3n) is 3.78. The van der Waals surface area contributed by atoms with E-state index in [9.17, 15) is 9.59 Å². The lowest BCUT2D eigenvalue weighted by atomic mass is 10.1. The normalized spacial score (nSPS) is 22.3. The van der Waals surface area contributed by atoms with E-state index < -0.39 is 0 Å². The fourth-order valence-corrected chi connectivity index (χ4v) is 2.60. The van der Waals surface area contributed by atoms with Crippen molar-refractivity contribution >= 4 is 11.9 Å². The number of amides is 1. The lowest BCUT2D eigenvalue weighted by Crippen LogP contribution is -2.38. The second-order valence-electron chi connectivity index (χ2n) is 5.39. The van der Waals surface area contributed by atoms with E-state index in [1.165, 1.54) is 6.42 Å². The summed E-state index contributed by atoms with van der Waals surface area (Å²) in [5.74, 6) is -0.189. The standard InChI is InChI=1S/C14H24N2O3/c1-2-19-14(18)10-16(12-6-7-12)13(17)8-5-11-4-3-9-15-11/h11-12,15H,2-10H2,1H3. The van der Waals surface area contributed by atoms with Crippen molar-refractivity contribution in [3.8, 4) is 0 Å². The smallest absolute Gasteiger partial charge is 0.325 e. The Bertz CT molecular complexity index is 323. The summed E-state index contributed by atoms with van der Waals surface area (Å²) < 4.78 is 4.93. The molecule has 1 amide bonds. The van der Waals surface area contributed by atoms with Crippen LogP contribution in [0.15, 0.2) is 0 Å². The molecule has 19 heavy (non-hydrogen) atoms. The first kappa shape index (κ1) is 14.3. The van der Waals surface area contributed by atoms with Crippen LogP contribution in [-0.2, 0) is 14.3 Å². The predicted octanol–water partition coefficient (Wildman–Crippen LogP) is 1.07. The second kappa shape index (κ2) is 6.89. The van der Waals surface area contributed by atoms with E-state index in [1.54, 1.807) is 11.8 Å². The van der Waals surface area contributed by atoms with Gasteiger partial charge < -0.3 is 15.0 Å². The number of hydrogen-bond donors (Lipinski definition) is 1. The summed E-state index contributed by atoms with van der Waals surface area (Å²) in [6, 6.07) is 0.751. The minimum Gasteiger partial charge on any atom is -0.465 e. The molecular formula is C14H24N2O3. The van der Waals surface area contributed by atoms with Gasteiger partial charge in [0, 0.05) is 18.5 Å². The molecule has 0 aromatic heterocycles. The van der Waals surface area contributed by atoms with Gasteiger partial charge in [0.25, 0.3) is 0 Å². The minimum atomic E-state index is -0.290. The Morgan fingerprint density at radius 1 is 1.32 bits per heavy atom. The van der Waals surface area contributed by atoms with Gasteiger partial charge in [0.2, 0.25) is 5.91 Å². The monoisotopic (exact) mass is 268 g/mol. The Hall–Kier alpha value is -1.10. The van der Waals surface area contributed by atoms with Crippen LogP contribution < -0.4 is 5.32 Å². The summed E-state index contributed by atoms with van der Waals surface area (Å²) in [5.41, 5.74) is 0. The highest BCUT2D eigenvalue weighted by atomic mass is 16.5. The Kier molecular flexibility index (Phi) is 5.19. The molecule has 1 saturated carbocycles. The van der Waals surface area contributed by atoms with Crippen molar-refractivity contribution < 1.29 is 14.3 Å². The topological polar surface area (TPSA) is 58.6 Å². The molecule has 0 spiro atoms. The number of nitrogens with one attached hydrogen (secondary N) is 1. The quantitative estimate of drug-likeness (QED) is 0.702. The van der Waals surface area contributed by atoms with E-state index in [0.29, 0.717) is 19.1 Å². The Morgan fingerprint density at radius 2 is 2.11 bits per heavy atom. The van der Waals surface area contributed by atoms with Crippen LogP contribution in [0.3, 0.4) is 0 Å². The number of nitrogens with zero attached hydrogens (tertiary/aromatic N) is 1. The molecule has 5 nitrogen and oxygen atoms in total. The van der Waals surface area contributed by atoms with E-state index in [-0.39, 0.29) is 24.5 Å². The molecule has 1 atom stereocenters. The van der Waals surface area contributed by atoms with Gasteiger partial charge in [-0.15, -0.1) is 0 Å². The number of ether oxygens (including phenoxy) is 1. The van der Waals surface area contributed by atoms with E-state index in [4.69, 9.17) is 4.74 Å². The van der Waals surface area contributed by atoms with Crippen molar-refractivity contribution in [2.45, 2.75) is 57.5 Å². The third-order valence-corrected chi connectivity index (χ3v) is 3.78. The molecule has 1 heterocycles. The molecule has 0 radical (unpaired) electrons. The molecule has 1 unspecified atom stereocenters. The summed E-state index contributed by atoms with van der Waals surface area (Å²) >= 11 is 0. The summed E-state index contributed by atoms with van der Waals surface area (Å²) in [6.45, 7) is 3.34. The van der Waals surface area contributed by atoms with Crippen LogP contribution in [0.4, 0.5) is 0 Å². The van der Waals surface area contributed by atoms with Gasteiger partial charge in [-0.2, -0.15) is 0 Å². The van der Waals surface area contributed by atoms with Gasteiger partial charge in [0.1, 0.15) is 6.54 Å². The molecule has 2 aliphatic rings. The van der Waals surface area contributed by atoms with E-state index in [2.05, 4.69) is 5.32 Å². The number of rotatable bonds is 7. The number of carbonyl (C=O) groups excluding carboxylic acids is 2. The van der Waals surface area contributed by atoms with Gasteiger partial charge in [-0.3, -0.25) is 9.59 Å². The summed E-state index contributed by atoms with van der Waals surface area (Å²) in [5, 5.41) is 3.39. The summed E-state index contributed by atoms with van der Waals surface area (Å²) in [4.78, 5) is 25.4. The lowest BCUT2D eigenvalue weighted by Gasteiger charge is -2.22. The summed E-state index contributed by atoms with van der Waals surface area (Å²) in [6.07, 6.45) is 5.82. The fraction of sp³-hybridized carbons (Fsp3) is 0.857. The average Bonchev–Trinajstić information content (AvgIpc) is 3.09. The van der Waals surface area contributed by atoms with Crippen molar-refractivity contribution in [1.82, 2.24) is 10.2 Å². The number of esters is 1. The first-order valence-electron chi connectivity index (χ1n) is 7.39. The molecule has 108 valence electrons. The lowest BCUT2D eigenvalue weighted by molar-refractivity contribution is -0.149. The van der Waals surface area contributed by atoms with Crippen LogP contribution in [-0.4, -0.2) is 48.6 Å². The zero-order valence-electron chi connectivity index (χ0n) is 11.7. The van der Waals surface area contributed by atoms with E-state index in [0.717, 1.165) is 32.2 Å². The Morgan fingerprint density at radius 3 is 2.68 bits per heavy atom. The predicted molar refractivity (Wildman–Crippen MR) is 71.6 cm³/mol. The largest absolute Gasteiger partial charge is 0.465 e. The van der Waals surface area contributed by atoms with Crippen LogP contribution >= 0.6 is 0 Å². The Balaban J connectivity index is 1.77. The van der Waals surface area contributed by atoms with Crippen molar-refractivity contribution in [2.24, 2.45) is 0 Å². The molecule has 2 rings (SSSR count). The van der Waals surface area contributed by atoms with Crippen molar-refractivity contribution in [3.63, 3.8) is 0 Å². The molecule has 1 aliphatic carbocycles. The highest BCUT2D eigenvalue weighted by Crippen LogP contribution is 2.27. The van der Waals surface area contributed by atoms with Crippen LogP contribution in [0, 0.1) is 0 Å². The number of carbonyl (C=O) groups is 2. The second-order valence-corrected chi connectivity index (χ2v) is 5.39. The third kappa shape index (κ3) is 4.49. The van der Waals surface area contributed by atoms with Gasteiger partial charge in [-0.1, -0.05) is 0 Å².